The van der Waals surface area contributed by atoms with Crippen molar-refractivity contribution < 1.29 is 31.5 Å². The van der Waals surface area contributed by atoms with Gasteiger partial charge in [0.2, 0.25) is 17.3 Å². The molecule has 0 spiro atoms. The fraction of sp³-hybridized carbons (Fsp3) is 0.643. The molecule has 0 aromatic carbocycles. The zero-order chi connectivity index (χ0) is 19.1. The summed E-state index contributed by atoms with van der Waals surface area (Å²) in [5.41, 5.74) is -1.40. The van der Waals surface area contributed by atoms with Crippen LogP contribution in [0.25, 0.3) is 4.96 Å². The van der Waals surface area contributed by atoms with Crippen LogP contribution in [-0.2, 0) is 28.9 Å². The van der Waals surface area contributed by atoms with Crippen LogP contribution in [0.15, 0.2) is 0 Å². The van der Waals surface area contributed by atoms with Crippen molar-refractivity contribution in [2.45, 2.75) is 38.6 Å². The number of carbonyl (C=O) groups excluding carboxylic acids is 1. The van der Waals surface area contributed by atoms with Crippen LogP contribution in [-0.4, -0.2) is 45.5 Å². The lowest BCUT2D eigenvalue weighted by Gasteiger charge is -2.17. The van der Waals surface area contributed by atoms with Crippen LogP contribution in [0.1, 0.15) is 29.2 Å². The van der Waals surface area contributed by atoms with E-state index in [0.717, 1.165) is 16.2 Å². The maximum atomic E-state index is 13.5. The molecule has 0 saturated carbocycles. The van der Waals surface area contributed by atoms with E-state index in [4.69, 9.17) is 4.74 Å². The number of nitrogens with zero attached hydrogens (tertiary/aromatic N) is 4. The molecule has 12 heteroatoms. The summed E-state index contributed by atoms with van der Waals surface area (Å²) in [7, 11) is 1.40. The van der Waals surface area contributed by atoms with E-state index in [1.165, 1.54) is 7.11 Å². The fourth-order valence-electron chi connectivity index (χ4n) is 3.00. The Morgan fingerprint density at radius 2 is 2.12 bits per heavy atom. The molecule has 1 amide bonds. The van der Waals surface area contributed by atoms with Gasteiger partial charge >= 0.3 is 6.18 Å². The van der Waals surface area contributed by atoms with Gasteiger partial charge in [0, 0.05) is 26.5 Å². The highest BCUT2D eigenvalue weighted by Crippen LogP contribution is 2.35. The maximum Gasteiger partial charge on any atom is 0.435 e. The monoisotopic (exact) mass is 398 g/mol. The summed E-state index contributed by atoms with van der Waals surface area (Å²) in [5, 5.41) is 4.20. The summed E-state index contributed by atoms with van der Waals surface area (Å²) in [6.45, 7) is -0.336. The van der Waals surface area contributed by atoms with Gasteiger partial charge in [0.15, 0.2) is 5.69 Å². The third-order valence-electron chi connectivity index (χ3n) is 4.00. The number of hydrogen-bond donors (Lipinski definition) is 0. The van der Waals surface area contributed by atoms with Crippen LogP contribution in [0.2, 0.25) is 0 Å². The van der Waals surface area contributed by atoms with Gasteiger partial charge in [0.25, 0.3) is 0 Å². The first-order chi connectivity index (χ1) is 12.2. The lowest BCUT2D eigenvalue weighted by molar-refractivity contribution is -0.144. The quantitative estimate of drug-likeness (QED) is 0.702. The molecule has 144 valence electrons. The van der Waals surface area contributed by atoms with Crippen molar-refractivity contribution in [3.05, 3.63) is 16.4 Å². The van der Waals surface area contributed by atoms with Crippen LogP contribution in [0, 0.1) is 5.92 Å². The van der Waals surface area contributed by atoms with E-state index >= 15 is 0 Å². The minimum absolute atomic E-state index is 0.00595. The number of rotatable bonds is 6. The van der Waals surface area contributed by atoms with Crippen LogP contribution in [0.4, 0.5) is 22.0 Å². The lowest BCUT2D eigenvalue weighted by Crippen LogP contribution is -2.27. The zero-order valence-electron chi connectivity index (χ0n) is 13.6. The van der Waals surface area contributed by atoms with Gasteiger partial charge in [0.05, 0.1) is 18.8 Å². The number of halogens is 5. The predicted octanol–water partition coefficient (Wildman–Crippen LogP) is 2.96. The smallest absolute Gasteiger partial charge is 0.377 e. The molecule has 26 heavy (non-hydrogen) atoms. The minimum Gasteiger partial charge on any atom is -0.377 e. The summed E-state index contributed by atoms with van der Waals surface area (Å²) in [4.78, 5) is 17.1. The van der Waals surface area contributed by atoms with E-state index in [1.807, 2.05) is 0 Å². The highest BCUT2D eigenvalue weighted by Gasteiger charge is 2.41. The van der Waals surface area contributed by atoms with E-state index in [9.17, 15) is 26.7 Å². The Labute approximate surface area is 148 Å². The van der Waals surface area contributed by atoms with Gasteiger partial charge in [-0.05, 0) is 5.92 Å². The van der Waals surface area contributed by atoms with Crippen LogP contribution >= 0.6 is 11.3 Å². The molecule has 0 radical (unpaired) electrons. The molecule has 0 N–H and O–H groups in total. The average Bonchev–Trinajstić information content (AvgIpc) is 3.11. The third-order valence-corrected chi connectivity index (χ3v) is 4.88. The summed E-state index contributed by atoms with van der Waals surface area (Å²) >= 11 is 0.954. The second kappa shape index (κ2) is 7.06. The number of alkyl halides is 5. The van der Waals surface area contributed by atoms with Crippen LogP contribution < -0.4 is 0 Å². The summed E-state index contributed by atoms with van der Waals surface area (Å²) in [5.74, 6) is -1.01. The molecule has 1 aliphatic heterocycles. The fourth-order valence-corrected chi connectivity index (χ4v) is 3.89. The van der Waals surface area contributed by atoms with Gasteiger partial charge in [0.1, 0.15) is 5.01 Å². The summed E-state index contributed by atoms with van der Waals surface area (Å²) < 4.78 is 71.0. The number of hydrogen-bond acceptors (Lipinski definition) is 5. The standard InChI is InChI=1S/C14H15F5N4O2S/c1-25-6-10-21-23-12(14(17,18)19)8(20-13(23)26-10)5-22-4-7(2-9(15)16)3-11(22)24/h7,9H,2-6H2,1H3. The van der Waals surface area contributed by atoms with Gasteiger partial charge in [-0.1, -0.05) is 11.3 Å². The van der Waals surface area contributed by atoms with Crippen molar-refractivity contribution in [3.8, 4) is 0 Å². The van der Waals surface area contributed by atoms with Gasteiger partial charge in [-0.2, -0.15) is 22.8 Å². The van der Waals surface area contributed by atoms with E-state index in [1.54, 1.807) is 0 Å². The highest BCUT2D eigenvalue weighted by atomic mass is 32.1. The van der Waals surface area contributed by atoms with Gasteiger partial charge in [-0.25, -0.2) is 13.8 Å². The van der Waals surface area contributed by atoms with Crippen LogP contribution in [0.3, 0.4) is 0 Å². The topological polar surface area (TPSA) is 59.7 Å². The molecule has 3 heterocycles. The molecule has 1 aliphatic rings. The second-order valence-electron chi connectivity index (χ2n) is 6.00. The first kappa shape index (κ1) is 19.0. The maximum absolute atomic E-state index is 13.5. The molecule has 6 nitrogen and oxygen atoms in total. The molecule has 0 aliphatic carbocycles. The first-order valence-corrected chi connectivity index (χ1v) is 8.50. The molecule has 1 unspecified atom stereocenters. The molecule has 0 bridgehead atoms. The number of aromatic nitrogens is 3. The van der Waals surface area contributed by atoms with Gasteiger partial charge in [-0.15, -0.1) is 0 Å². The highest BCUT2D eigenvalue weighted by molar-refractivity contribution is 7.16. The van der Waals surface area contributed by atoms with E-state index < -0.39 is 36.5 Å². The van der Waals surface area contributed by atoms with Crippen molar-refractivity contribution in [1.82, 2.24) is 19.5 Å². The van der Waals surface area contributed by atoms with Crippen molar-refractivity contribution in [2.24, 2.45) is 5.92 Å². The Morgan fingerprint density at radius 3 is 2.73 bits per heavy atom. The van der Waals surface area contributed by atoms with Crippen molar-refractivity contribution in [3.63, 3.8) is 0 Å². The molecule has 3 rings (SSSR count). The molecule has 1 atom stereocenters. The van der Waals surface area contributed by atoms with Crippen molar-refractivity contribution in [2.75, 3.05) is 13.7 Å². The molecule has 2 aromatic heterocycles. The summed E-state index contributed by atoms with van der Waals surface area (Å²) in [6.07, 6.45) is -7.82. The predicted molar refractivity (Wildman–Crippen MR) is 80.7 cm³/mol. The Bertz CT molecular complexity index is 803. The largest absolute Gasteiger partial charge is 0.435 e. The van der Waals surface area contributed by atoms with Gasteiger partial charge < -0.3 is 9.64 Å². The number of ether oxygens (including phenoxy) is 1. The van der Waals surface area contributed by atoms with Crippen molar-refractivity contribution in [1.29, 1.82) is 0 Å². The van der Waals surface area contributed by atoms with Crippen molar-refractivity contribution >= 4 is 22.2 Å². The van der Waals surface area contributed by atoms with E-state index in [0.29, 0.717) is 9.52 Å². The van der Waals surface area contributed by atoms with E-state index in [2.05, 4.69) is 10.1 Å². The molecule has 1 saturated heterocycles. The van der Waals surface area contributed by atoms with E-state index in [-0.39, 0.29) is 36.8 Å². The Balaban J connectivity index is 1.88. The molecule has 1 fully saturated rings. The average molecular weight is 398 g/mol. The first-order valence-electron chi connectivity index (χ1n) is 7.68. The molecular weight excluding hydrogens is 383 g/mol. The normalized spacial score (nSPS) is 18.7. The minimum atomic E-state index is -4.72. The number of amides is 1. The van der Waals surface area contributed by atoms with Gasteiger partial charge in [-0.3, -0.25) is 4.79 Å². The number of likely N-dealkylation sites (tertiary alicyclic amines) is 1. The second-order valence-corrected chi connectivity index (χ2v) is 7.04. The SMILES string of the molecule is COCc1nn2c(C(F)(F)F)c(CN3CC(CC(F)F)CC3=O)nc2s1. The van der Waals surface area contributed by atoms with Crippen LogP contribution in [0.5, 0.6) is 0 Å². The zero-order valence-corrected chi connectivity index (χ0v) is 14.4. The number of imidazole rings is 1. The third kappa shape index (κ3) is 3.80. The summed E-state index contributed by atoms with van der Waals surface area (Å²) in [6, 6.07) is 0. The molecule has 2 aromatic rings. The Morgan fingerprint density at radius 1 is 1.38 bits per heavy atom. The Kier molecular flexibility index (Phi) is 5.15. The lowest BCUT2D eigenvalue weighted by atomic mass is 10.1. The number of methoxy groups -OCH3 is 1. The molecular formula is C14H15F5N4O2S. The Hall–Kier alpha value is -1.82. The number of carbonyl (C=O) groups is 1. The number of fused-ring (bicyclic) bond motifs is 1.